The predicted octanol–water partition coefficient (Wildman–Crippen LogP) is 1.44. The molecule has 0 bridgehead atoms. The fourth-order valence-electron chi connectivity index (χ4n) is 1.74. The number of rotatable bonds is 6. The van der Waals surface area contributed by atoms with E-state index in [1.54, 1.807) is 32.0 Å². The molecule has 19 heavy (non-hydrogen) atoms. The van der Waals surface area contributed by atoms with Crippen molar-refractivity contribution in [3.8, 4) is 5.75 Å². The van der Waals surface area contributed by atoms with Gasteiger partial charge in [-0.2, -0.15) is 0 Å². The van der Waals surface area contributed by atoms with Gasteiger partial charge in [0.25, 0.3) is 0 Å². The fraction of sp³-hybridized carbons (Fsp3) is 0.538. The number of ether oxygens (including phenoxy) is 1. The Balaban J connectivity index is 3.17. The van der Waals surface area contributed by atoms with Crippen LogP contribution in [-0.4, -0.2) is 32.8 Å². The lowest BCUT2D eigenvalue weighted by Crippen LogP contribution is -2.44. The third-order valence-electron chi connectivity index (χ3n) is 2.76. The van der Waals surface area contributed by atoms with Crippen LogP contribution in [0.5, 0.6) is 5.75 Å². The summed E-state index contributed by atoms with van der Waals surface area (Å²) in [6.45, 7) is 5.18. The van der Waals surface area contributed by atoms with Crippen molar-refractivity contribution in [2.24, 2.45) is 0 Å². The van der Waals surface area contributed by atoms with Crippen LogP contribution in [0.25, 0.3) is 0 Å². The van der Waals surface area contributed by atoms with Crippen LogP contribution >= 0.6 is 0 Å². The van der Waals surface area contributed by atoms with Crippen LogP contribution in [0.15, 0.2) is 23.1 Å². The van der Waals surface area contributed by atoms with Gasteiger partial charge in [-0.1, -0.05) is 6.07 Å². The van der Waals surface area contributed by atoms with Crippen molar-refractivity contribution >= 4 is 10.0 Å². The van der Waals surface area contributed by atoms with Gasteiger partial charge in [-0.3, -0.25) is 0 Å². The number of aryl methyl sites for hydroxylation is 1. The van der Waals surface area contributed by atoms with E-state index >= 15 is 0 Å². The average molecular weight is 287 g/mol. The van der Waals surface area contributed by atoms with E-state index in [4.69, 9.17) is 9.84 Å². The monoisotopic (exact) mass is 287 g/mol. The van der Waals surface area contributed by atoms with Gasteiger partial charge >= 0.3 is 0 Å². The van der Waals surface area contributed by atoms with Crippen molar-refractivity contribution < 1.29 is 18.3 Å². The first-order valence-electron chi connectivity index (χ1n) is 6.01. The Kier molecular flexibility index (Phi) is 4.95. The molecule has 0 heterocycles. The van der Waals surface area contributed by atoms with Crippen LogP contribution in [-0.2, 0) is 10.0 Å². The van der Waals surface area contributed by atoms with Gasteiger partial charge in [0.15, 0.2) is 0 Å². The molecule has 5 nitrogen and oxygen atoms in total. The summed E-state index contributed by atoms with van der Waals surface area (Å²) in [4.78, 5) is 0.112. The molecule has 0 saturated heterocycles. The lowest BCUT2D eigenvalue weighted by molar-refractivity contribution is 0.245. The lowest BCUT2D eigenvalue weighted by atomic mass is 10.0. The zero-order chi connectivity index (χ0) is 14.7. The summed E-state index contributed by atoms with van der Waals surface area (Å²) in [5.41, 5.74) is 0.114. The molecule has 0 spiro atoms. The third kappa shape index (κ3) is 4.19. The number of benzene rings is 1. The molecule has 0 radical (unpaired) electrons. The van der Waals surface area contributed by atoms with E-state index in [0.29, 0.717) is 12.2 Å². The lowest BCUT2D eigenvalue weighted by Gasteiger charge is -2.25. The molecule has 0 unspecified atom stereocenters. The SMILES string of the molecule is COc1ccc(C)cc1S(=O)(=O)NC(C)(C)CCO. The number of methoxy groups -OCH3 is 1. The molecule has 0 fully saturated rings. The average Bonchev–Trinajstić information content (AvgIpc) is 2.27. The molecule has 1 rings (SSSR count). The zero-order valence-electron chi connectivity index (χ0n) is 11.7. The maximum Gasteiger partial charge on any atom is 0.244 e. The Morgan fingerprint density at radius 1 is 1.37 bits per heavy atom. The first kappa shape index (κ1) is 15.9. The smallest absolute Gasteiger partial charge is 0.244 e. The largest absolute Gasteiger partial charge is 0.495 e. The predicted molar refractivity (Wildman–Crippen MR) is 73.8 cm³/mol. The molecule has 0 aromatic heterocycles. The number of hydrogen-bond donors (Lipinski definition) is 2. The maximum atomic E-state index is 12.4. The molecule has 0 saturated carbocycles. The van der Waals surface area contributed by atoms with E-state index in [-0.39, 0.29) is 11.5 Å². The number of hydrogen-bond acceptors (Lipinski definition) is 4. The van der Waals surface area contributed by atoms with Crippen molar-refractivity contribution in [1.29, 1.82) is 0 Å². The van der Waals surface area contributed by atoms with Gasteiger partial charge in [-0.25, -0.2) is 13.1 Å². The molecule has 0 aliphatic carbocycles. The first-order chi connectivity index (χ1) is 8.72. The van der Waals surface area contributed by atoms with Crippen molar-refractivity contribution in [3.63, 3.8) is 0 Å². The normalized spacial score (nSPS) is 12.5. The molecule has 2 N–H and O–H groups in total. The van der Waals surface area contributed by atoms with E-state index < -0.39 is 15.6 Å². The minimum absolute atomic E-state index is 0.0829. The molecule has 0 amide bonds. The summed E-state index contributed by atoms with van der Waals surface area (Å²) < 4.78 is 32.4. The second kappa shape index (κ2) is 5.90. The van der Waals surface area contributed by atoms with Crippen molar-refractivity contribution in [1.82, 2.24) is 4.72 Å². The maximum absolute atomic E-state index is 12.4. The van der Waals surface area contributed by atoms with Crippen molar-refractivity contribution in [2.45, 2.75) is 37.6 Å². The van der Waals surface area contributed by atoms with Gasteiger partial charge < -0.3 is 9.84 Å². The second-order valence-corrected chi connectivity index (χ2v) is 6.77. The van der Waals surface area contributed by atoms with Crippen LogP contribution < -0.4 is 9.46 Å². The van der Waals surface area contributed by atoms with Gasteiger partial charge in [0.2, 0.25) is 10.0 Å². The molecule has 0 aliphatic rings. The van der Waals surface area contributed by atoms with Gasteiger partial charge in [0.05, 0.1) is 7.11 Å². The van der Waals surface area contributed by atoms with E-state index in [2.05, 4.69) is 4.72 Å². The number of sulfonamides is 1. The van der Waals surface area contributed by atoms with Crippen molar-refractivity contribution in [2.75, 3.05) is 13.7 Å². The van der Waals surface area contributed by atoms with Gasteiger partial charge in [0.1, 0.15) is 10.6 Å². The van der Waals surface area contributed by atoms with E-state index in [1.807, 2.05) is 6.92 Å². The molecule has 1 aromatic carbocycles. The van der Waals surface area contributed by atoms with Crippen LogP contribution in [0.1, 0.15) is 25.8 Å². The number of nitrogens with one attached hydrogen (secondary N) is 1. The quantitative estimate of drug-likeness (QED) is 0.830. The Hall–Kier alpha value is -1.11. The summed E-state index contributed by atoms with van der Waals surface area (Å²) in [7, 11) is -2.26. The molecule has 1 aromatic rings. The summed E-state index contributed by atoms with van der Waals surface area (Å²) >= 11 is 0. The summed E-state index contributed by atoms with van der Waals surface area (Å²) in [6, 6.07) is 4.98. The summed E-state index contributed by atoms with van der Waals surface area (Å²) in [5, 5.41) is 8.95. The highest BCUT2D eigenvalue weighted by Crippen LogP contribution is 2.26. The van der Waals surface area contributed by atoms with Gasteiger partial charge in [-0.15, -0.1) is 0 Å². The molecular formula is C13H21NO4S. The Bertz CT molecular complexity index is 538. The van der Waals surface area contributed by atoms with Crippen LogP contribution in [0, 0.1) is 6.92 Å². The number of aliphatic hydroxyl groups excluding tert-OH is 1. The zero-order valence-corrected chi connectivity index (χ0v) is 12.5. The molecule has 108 valence electrons. The van der Waals surface area contributed by atoms with Crippen LogP contribution in [0.2, 0.25) is 0 Å². The van der Waals surface area contributed by atoms with E-state index in [0.717, 1.165) is 5.56 Å². The Morgan fingerprint density at radius 2 is 2.00 bits per heavy atom. The fourth-order valence-corrected chi connectivity index (χ4v) is 3.44. The van der Waals surface area contributed by atoms with Crippen LogP contribution in [0.4, 0.5) is 0 Å². The minimum atomic E-state index is -3.69. The molecule has 0 atom stereocenters. The summed E-state index contributed by atoms with van der Waals surface area (Å²) in [5.74, 6) is 0.304. The standard InChI is InChI=1S/C13H21NO4S/c1-10-5-6-11(18-4)12(9-10)19(16,17)14-13(2,3)7-8-15/h5-6,9,14-15H,7-8H2,1-4H3. The number of aliphatic hydroxyl groups is 1. The first-order valence-corrected chi connectivity index (χ1v) is 7.49. The summed E-state index contributed by atoms with van der Waals surface area (Å²) in [6.07, 6.45) is 0.334. The van der Waals surface area contributed by atoms with Crippen molar-refractivity contribution in [3.05, 3.63) is 23.8 Å². The Labute approximate surface area is 114 Å². The molecule has 0 aliphatic heterocycles. The highest BCUT2D eigenvalue weighted by molar-refractivity contribution is 7.89. The Morgan fingerprint density at radius 3 is 2.53 bits per heavy atom. The molecule has 6 heteroatoms. The highest BCUT2D eigenvalue weighted by Gasteiger charge is 2.28. The third-order valence-corrected chi connectivity index (χ3v) is 4.48. The molecular weight excluding hydrogens is 266 g/mol. The topological polar surface area (TPSA) is 75.6 Å². The highest BCUT2D eigenvalue weighted by atomic mass is 32.2. The van der Waals surface area contributed by atoms with E-state index in [1.165, 1.54) is 7.11 Å². The minimum Gasteiger partial charge on any atom is -0.495 e. The van der Waals surface area contributed by atoms with E-state index in [9.17, 15) is 8.42 Å². The van der Waals surface area contributed by atoms with Crippen LogP contribution in [0.3, 0.4) is 0 Å². The second-order valence-electron chi connectivity index (χ2n) is 5.12. The van der Waals surface area contributed by atoms with Gasteiger partial charge in [-0.05, 0) is 44.9 Å². The van der Waals surface area contributed by atoms with Gasteiger partial charge in [0, 0.05) is 12.1 Å².